The molecule has 2 fully saturated rings. The third-order valence-electron chi connectivity index (χ3n) is 5.19. The van der Waals surface area contributed by atoms with E-state index in [1.807, 2.05) is 24.8 Å². The summed E-state index contributed by atoms with van der Waals surface area (Å²) in [6.45, 7) is 6.26. The zero-order chi connectivity index (χ0) is 21.4. The van der Waals surface area contributed by atoms with Crippen LogP contribution in [0.5, 0.6) is 0 Å². The van der Waals surface area contributed by atoms with Gasteiger partial charge in [-0.2, -0.15) is 0 Å². The topological polar surface area (TPSA) is 92.1 Å². The third kappa shape index (κ3) is 3.66. The zero-order valence-electron chi connectivity index (χ0n) is 16.5. The number of benzene rings is 1. The number of carbonyl (C=O) groups is 3. The van der Waals surface area contributed by atoms with Crippen LogP contribution in [0.1, 0.15) is 16.9 Å². The number of furan rings is 1. The number of urea groups is 1. The van der Waals surface area contributed by atoms with E-state index in [-0.39, 0.29) is 5.57 Å². The number of nitrogens with one attached hydrogen (secondary N) is 1. The summed E-state index contributed by atoms with van der Waals surface area (Å²) in [6.07, 6.45) is 1.36. The second-order valence-electron chi connectivity index (χ2n) is 7.08. The summed E-state index contributed by atoms with van der Waals surface area (Å²) in [5.74, 6) is -0.515. The van der Waals surface area contributed by atoms with Crippen LogP contribution in [0.2, 0.25) is 0 Å². The van der Waals surface area contributed by atoms with Crippen molar-refractivity contribution in [3.63, 3.8) is 0 Å². The molecule has 4 rings (SSSR count). The Morgan fingerprint density at radius 3 is 2.60 bits per heavy atom. The summed E-state index contributed by atoms with van der Waals surface area (Å²) in [5, 5.41) is 2.24. The van der Waals surface area contributed by atoms with Crippen molar-refractivity contribution in [2.75, 3.05) is 36.1 Å². The average molecular weight is 474 g/mol. The maximum atomic E-state index is 13.1. The van der Waals surface area contributed by atoms with E-state index in [0.717, 1.165) is 16.0 Å². The number of imide groups is 2. The van der Waals surface area contributed by atoms with Gasteiger partial charge in [-0.1, -0.05) is 12.1 Å². The number of rotatable bonds is 3. The molecule has 3 heterocycles. The van der Waals surface area contributed by atoms with E-state index in [2.05, 4.69) is 21.2 Å². The van der Waals surface area contributed by atoms with Crippen molar-refractivity contribution in [2.45, 2.75) is 13.8 Å². The molecule has 156 valence electrons. The lowest BCUT2D eigenvalue weighted by Gasteiger charge is -2.28. The highest BCUT2D eigenvalue weighted by Crippen LogP contribution is 2.33. The third-order valence-corrected chi connectivity index (χ3v) is 5.76. The van der Waals surface area contributed by atoms with Crippen molar-refractivity contribution < 1.29 is 23.5 Å². The molecule has 30 heavy (non-hydrogen) atoms. The molecule has 0 radical (unpaired) electrons. The second-order valence-corrected chi connectivity index (χ2v) is 7.93. The quantitative estimate of drug-likeness (QED) is 0.543. The fraction of sp³-hybridized carbons (Fsp3) is 0.286. The number of ether oxygens (including phenoxy) is 1. The number of hydrogen-bond donors (Lipinski definition) is 1. The molecule has 0 spiro atoms. The Morgan fingerprint density at radius 2 is 1.87 bits per heavy atom. The number of nitrogens with zero attached hydrogens (tertiary/aromatic N) is 2. The first-order chi connectivity index (χ1) is 14.4. The minimum atomic E-state index is -0.773. The van der Waals surface area contributed by atoms with Crippen LogP contribution in [0.4, 0.5) is 16.4 Å². The molecule has 1 aromatic heterocycles. The van der Waals surface area contributed by atoms with Gasteiger partial charge in [0.25, 0.3) is 11.8 Å². The molecule has 2 aliphatic heterocycles. The Morgan fingerprint density at radius 1 is 1.13 bits per heavy atom. The van der Waals surface area contributed by atoms with E-state index < -0.39 is 17.8 Å². The Bertz CT molecular complexity index is 1070. The van der Waals surface area contributed by atoms with E-state index in [4.69, 9.17) is 9.15 Å². The number of hydrogen-bond acceptors (Lipinski definition) is 6. The van der Waals surface area contributed by atoms with E-state index in [9.17, 15) is 14.4 Å². The molecule has 9 heteroatoms. The van der Waals surface area contributed by atoms with E-state index in [1.54, 1.807) is 18.2 Å². The SMILES string of the molecule is Cc1cccc(N2C(=O)NC(=O)/C(=C\c3cc(Br)c(N4CCOCC4)o3)C2=O)c1C. The van der Waals surface area contributed by atoms with Gasteiger partial charge in [0.1, 0.15) is 11.3 Å². The Hall–Kier alpha value is -2.91. The number of amides is 4. The van der Waals surface area contributed by atoms with E-state index in [1.165, 1.54) is 6.08 Å². The average Bonchev–Trinajstić information content (AvgIpc) is 3.09. The van der Waals surface area contributed by atoms with Crippen molar-refractivity contribution in [2.24, 2.45) is 0 Å². The van der Waals surface area contributed by atoms with Crippen LogP contribution < -0.4 is 15.1 Å². The molecule has 0 aliphatic carbocycles. The molecule has 0 atom stereocenters. The van der Waals surface area contributed by atoms with Gasteiger partial charge in [0.15, 0.2) is 0 Å². The first-order valence-electron chi connectivity index (χ1n) is 9.46. The van der Waals surface area contributed by atoms with Gasteiger partial charge in [-0.15, -0.1) is 0 Å². The van der Waals surface area contributed by atoms with Gasteiger partial charge >= 0.3 is 6.03 Å². The summed E-state index contributed by atoms with van der Waals surface area (Å²) in [5.41, 5.74) is 1.97. The number of anilines is 2. The van der Waals surface area contributed by atoms with Gasteiger partial charge in [0, 0.05) is 19.2 Å². The van der Waals surface area contributed by atoms with Crippen LogP contribution in [0.3, 0.4) is 0 Å². The molecule has 2 aliphatic rings. The van der Waals surface area contributed by atoms with Gasteiger partial charge in [0.2, 0.25) is 5.88 Å². The van der Waals surface area contributed by atoms with Gasteiger partial charge < -0.3 is 14.1 Å². The van der Waals surface area contributed by atoms with Crippen LogP contribution in [0.15, 0.2) is 38.7 Å². The first kappa shape index (κ1) is 20.4. The van der Waals surface area contributed by atoms with E-state index in [0.29, 0.717) is 48.1 Å². The Kier molecular flexibility index (Phi) is 5.48. The lowest BCUT2D eigenvalue weighted by Crippen LogP contribution is -2.54. The van der Waals surface area contributed by atoms with Gasteiger partial charge in [0.05, 0.1) is 23.4 Å². The molecule has 0 unspecified atom stereocenters. The molecule has 2 aromatic rings. The minimum Gasteiger partial charge on any atom is -0.440 e. The largest absolute Gasteiger partial charge is 0.440 e. The summed E-state index contributed by atoms with van der Waals surface area (Å²) in [4.78, 5) is 41.0. The number of morpholine rings is 1. The monoisotopic (exact) mass is 473 g/mol. The number of halogens is 1. The Labute approximate surface area is 181 Å². The molecule has 4 amide bonds. The van der Waals surface area contributed by atoms with E-state index >= 15 is 0 Å². The van der Waals surface area contributed by atoms with Crippen LogP contribution in [0.25, 0.3) is 6.08 Å². The molecule has 0 bridgehead atoms. The second kappa shape index (κ2) is 8.08. The highest BCUT2D eigenvalue weighted by molar-refractivity contribution is 9.10. The van der Waals surface area contributed by atoms with Gasteiger partial charge in [-0.05, 0) is 53.0 Å². The minimum absolute atomic E-state index is 0.176. The highest BCUT2D eigenvalue weighted by atomic mass is 79.9. The highest BCUT2D eigenvalue weighted by Gasteiger charge is 2.38. The van der Waals surface area contributed by atoms with Crippen LogP contribution in [0, 0.1) is 13.8 Å². The standard InChI is InChI=1S/C21H20BrN3O5/c1-12-4-3-5-17(13(12)2)25-19(27)15(18(26)23-21(25)28)10-14-11-16(22)20(30-14)24-6-8-29-9-7-24/h3-5,10-11H,6-9H2,1-2H3,(H,23,26,28)/b15-10+. The fourth-order valence-electron chi connectivity index (χ4n) is 3.43. The van der Waals surface area contributed by atoms with Crippen molar-refractivity contribution in [3.05, 3.63) is 51.2 Å². The summed E-state index contributed by atoms with van der Waals surface area (Å²) >= 11 is 3.47. The fourth-order valence-corrected chi connectivity index (χ4v) is 3.98. The Balaban J connectivity index is 1.69. The molecular weight excluding hydrogens is 454 g/mol. The maximum absolute atomic E-state index is 13.1. The number of carbonyl (C=O) groups excluding carboxylic acids is 3. The predicted octanol–water partition coefficient (Wildman–Crippen LogP) is 3.16. The smallest absolute Gasteiger partial charge is 0.335 e. The van der Waals surface area contributed by atoms with Crippen molar-refractivity contribution in [1.82, 2.24) is 5.32 Å². The summed E-state index contributed by atoms with van der Waals surface area (Å²) in [6, 6.07) is 6.24. The molecule has 0 saturated carbocycles. The molecule has 8 nitrogen and oxygen atoms in total. The maximum Gasteiger partial charge on any atom is 0.335 e. The lowest BCUT2D eigenvalue weighted by atomic mass is 10.0. The van der Waals surface area contributed by atoms with Crippen molar-refractivity contribution in [3.8, 4) is 0 Å². The van der Waals surface area contributed by atoms with Crippen molar-refractivity contribution in [1.29, 1.82) is 0 Å². The van der Waals surface area contributed by atoms with Gasteiger partial charge in [-0.25, -0.2) is 9.69 Å². The molecule has 2 saturated heterocycles. The van der Waals surface area contributed by atoms with Crippen molar-refractivity contribution >= 4 is 51.4 Å². The van der Waals surface area contributed by atoms with Crippen LogP contribution in [-0.2, 0) is 14.3 Å². The predicted molar refractivity (Wildman–Crippen MR) is 114 cm³/mol. The normalized spacial score (nSPS) is 18.9. The summed E-state index contributed by atoms with van der Waals surface area (Å²) < 4.78 is 11.9. The van der Waals surface area contributed by atoms with Crippen LogP contribution in [-0.4, -0.2) is 44.1 Å². The first-order valence-corrected chi connectivity index (χ1v) is 10.3. The summed E-state index contributed by atoms with van der Waals surface area (Å²) in [7, 11) is 0. The molecule has 1 N–H and O–H groups in total. The number of aryl methyl sites for hydroxylation is 1. The van der Waals surface area contributed by atoms with Crippen LogP contribution >= 0.6 is 15.9 Å². The van der Waals surface area contributed by atoms with Gasteiger partial charge in [-0.3, -0.25) is 14.9 Å². The number of barbiturate groups is 1. The molecular formula is C21H20BrN3O5. The zero-order valence-corrected chi connectivity index (χ0v) is 18.1. The molecule has 1 aromatic carbocycles. The lowest BCUT2D eigenvalue weighted by molar-refractivity contribution is -0.122.